The fourth-order valence-corrected chi connectivity index (χ4v) is 2.56. The molecule has 1 aromatic carbocycles. The van der Waals surface area contributed by atoms with Gasteiger partial charge in [-0.15, -0.1) is 0 Å². The molecule has 1 aliphatic rings. The molecule has 2 heteroatoms. The molecule has 0 bridgehead atoms. The van der Waals surface area contributed by atoms with Crippen molar-refractivity contribution >= 4 is 0 Å². The molecule has 0 nitrogen and oxygen atoms in total. The van der Waals surface area contributed by atoms with E-state index in [4.69, 9.17) is 0 Å². The van der Waals surface area contributed by atoms with E-state index in [1.165, 1.54) is 38.2 Å². The second-order valence-corrected chi connectivity index (χ2v) is 4.78. The Balaban J connectivity index is 1.88. The van der Waals surface area contributed by atoms with Gasteiger partial charge in [0, 0.05) is 6.07 Å². The van der Waals surface area contributed by atoms with Crippen LogP contribution in [0.4, 0.5) is 8.78 Å². The smallest absolute Gasteiger partial charge is 0.129 e. The number of hydrogen-bond donors (Lipinski definition) is 0. The minimum Gasteiger partial charge on any atom is -0.207 e. The van der Waals surface area contributed by atoms with E-state index in [0.717, 1.165) is 24.8 Å². The van der Waals surface area contributed by atoms with Crippen LogP contribution in [0.2, 0.25) is 0 Å². The lowest BCUT2D eigenvalue weighted by Gasteiger charge is -2.21. The van der Waals surface area contributed by atoms with Crippen molar-refractivity contribution in [3.05, 3.63) is 35.4 Å². The van der Waals surface area contributed by atoms with Crippen molar-refractivity contribution < 1.29 is 8.78 Å². The van der Waals surface area contributed by atoms with Gasteiger partial charge in [0.15, 0.2) is 0 Å². The van der Waals surface area contributed by atoms with Crippen LogP contribution in [0.15, 0.2) is 18.2 Å². The molecule has 1 saturated carbocycles. The fourth-order valence-electron chi connectivity index (χ4n) is 2.56. The summed E-state index contributed by atoms with van der Waals surface area (Å²) in [6.45, 7) is 0. The third-order valence-electron chi connectivity index (χ3n) is 3.56. The van der Waals surface area contributed by atoms with Gasteiger partial charge in [0.1, 0.15) is 11.6 Å². The maximum atomic E-state index is 13.4. The zero-order valence-corrected chi connectivity index (χ0v) is 9.52. The van der Waals surface area contributed by atoms with Crippen molar-refractivity contribution in [2.45, 2.75) is 44.9 Å². The number of aryl methyl sites for hydroxylation is 1. The Morgan fingerprint density at radius 3 is 2.50 bits per heavy atom. The van der Waals surface area contributed by atoms with Crippen molar-refractivity contribution in [1.82, 2.24) is 0 Å². The molecule has 1 aromatic rings. The lowest BCUT2D eigenvalue weighted by atomic mass is 9.85. The average Bonchev–Trinajstić information content (AvgIpc) is 2.29. The van der Waals surface area contributed by atoms with Crippen molar-refractivity contribution in [2.75, 3.05) is 0 Å². The van der Waals surface area contributed by atoms with Gasteiger partial charge in [-0.25, -0.2) is 8.78 Å². The summed E-state index contributed by atoms with van der Waals surface area (Å²) in [7, 11) is 0. The highest BCUT2D eigenvalue weighted by Gasteiger charge is 2.14. The van der Waals surface area contributed by atoms with Crippen LogP contribution in [-0.2, 0) is 6.42 Å². The molecule has 88 valence electrons. The number of hydrogen-bond acceptors (Lipinski definition) is 0. The van der Waals surface area contributed by atoms with E-state index < -0.39 is 11.6 Å². The van der Waals surface area contributed by atoms with Crippen LogP contribution in [0, 0.1) is 17.6 Å². The molecule has 0 aliphatic heterocycles. The van der Waals surface area contributed by atoms with E-state index in [-0.39, 0.29) is 0 Å². The Bertz CT molecular complexity index is 341. The van der Waals surface area contributed by atoms with Gasteiger partial charge >= 0.3 is 0 Å². The molecule has 0 saturated heterocycles. The molecule has 0 spiro atoms. The van der Waals surface area contributed by atoms with Crippen molar-refractivity contribution in [2.24, 2.45) is 5.92 Å². The molecule has 0 radical (unpaired) electrons. The van der Waals surface area contributed by atoms with Gasteiger partial charge in [-0.1, -0.05) is 38.2 Å². The van der Waals surface area contributed by atoms with E-state index >= 15 is 0 Å². The van der Waals surface area contributed by atoms with Gasteiger partial charge in [0.05, 0.1) is 0 Å². The van der Waals surface area contributed by atoms with Gasteiger partial charge in [-0.3, -0.25) is 0 Å². The van der Waals surface area contributed by atoms with Crippen molar-refractivity contribution in [3.8, 4) is 0 Å². The summed E-state index contributed by atoms with van der Waals surface area (Å²) < 4.78 is 26.1. The number of halogens is 2. The molecule has 1 aliphatic carbocycles. The van der Waals surface area contributed by atoms with Crippen LogP contribution in [0.3, 0.4) is 0 Å². The zero-order chi connectivity index (χ0) is 11.4. The van der Waals surface area contributed by atoms with Gasteiger partial charge in [-0.2, -0.15) is 0 Å². The van der Waals surface area contributed by atoms with Crippen LogP contribution >= 0.6 is 0 Å². The summed E-state index contributed by atoms with van der Waals surface area (Å²) in [6.07, 6.45) is 8.33. The van der Waals surface area contributed by atoms with Crippen LogP contribution in [0.1, 0.15) is 44.1 Å². The summed E-state index contributed by atoms with van der Waals surface area (Å²) >= 11 is 0. The first-order valence-corrected chi connectivity index (χ1v) is 6.19. The van der Waals surface area contributed by atoms with Crippen LogP contribution in [0.25, 0.3) is 0 Å². The SMILES string of the molecule is Fc1ccc(CCC2CCCCC2)c(F)c1. The number of benzene rings is 1. The highest BCUT2D eigenvalue weighted by Crippen LogP contribution is 2.27. The maximum absolute atomic E-state index is 13.4. The molecular weight excluding hydrogens is 206 g/mol. The minimum atomic E-state index is -0.487. The summed E-state index contributed by atoms with van der Waals surface area (Å²) in [5.74, 6) is -0.132. The fraction of sp³-hybridized carbons (Fsp3) is 0.571. The molecule has 0 heterocycles. The minimum absolute atomic E-state index is 0.393. The summed E-state index contributed by atoms with van der Waals surface area (Å²) in [6, 6.07) is 3.91. The van der Waals surface area contributed by atoms with Crippen LogP contribution in [-0.4, -0.2) is 0 Å². The summed E-state index contributed by atoms with van der Waals surface area (Å²) in [4.78, 5) is 0. The largest absolute Gasteiger partial charge is 0.207 e. The zero-order valence-electron chi connectivity index (χ0n) is 9.52. The van der Waals surface area contributed by atoms with Crippen LogP contribution in [0.5, 0.6) is 0 Å². The molecule has 2 rings (SSSR count). The van der Waals surface area contributed by atoms with E-state index in [0.29, 0.717) is 5.56 Å². The quantitative estimate of drug-likeness (QED) is 0.710. The van der Waals surface area contributed by atoms with E-state index in [2.05, 4.69) is 0 Å². The lowest BCUT2D eigenvalue weighted by molar-refractivity contribution is 0.338. The Morgan fingerprint density at radius 1 is 1.06 bits per heavy atom. The monoisotopic (exact) mass is 224 g/mol. The Kier molecular flexibility index (Phi) is 3.92. The van der Waals surface area contributed by atoms with Crippen molar-refractivity contribution in [1.29, 1.82) is 0 Å². The van der Waals surface area contributed by atoms with Gasteiger partial charge < -0.3 is 0 Å². The highest BCUT2D eigenvalue weighted by molar-refractivity contribution is 5.18. The molecule has 0 atom stereocenters. The normalized spacial score (nSPS) is 17.6. The molecule has 16 heavy (non-hydrogen) atoms. The highest BCUT2D eigenvalue weighted by atomic mass is 19.1. The first kappa shape index (κ1) is 11.6. The first-order valence-electron chi connectivity index (χ1n) is 6.19. The Hall–Kier alpha value is -0.920. The standard InChI is InChI=1S/C14H18F2/c15-13-9-8-12(14(16)10-13)7-6-11-4-2-1-3-5-11/h8-11H,1-7H2. The van der Waals surface area contributed by atoms with Crippen LogP contribution < -0.4 is 0 Å². The molecule has 0 amide bonds. The second kappa shape index (κ2) is 5.42. The molecular formula is C14H18F2. The van der Waals surface area contributed by atoms with E-state index in [1.807, 2.05) is 0 Å². The third-order valence-corrected chi connectivity index (χ3v) is 3.56. The molecule has 0 aromatic heterocycles. The predicted octanol–water partition coefficient (Wildman–Crippen LogP) is 4.48. The summed E-state index contributed by atoms with van der Waals surface area (Å²) in [5.41, 5.74) is 0.659. The Morgan fingerprint density at radius 2 is 1.81 bits per heavy atom. The predicted molar refractivity (Wildman–Crippen MR) is 61.3 cm³/mol. The third kappa shape index (κ3) is 3.03. The lowest BCUT2D eigenvalue weighted by Crippen LogP contribution is -2.07. The topological polar surface area (TPSA) is 0 Å². The summed E-state index contributed by atoms with van der Waals surface area (Å²) in [5, 5.41) is 0. The second-order valence-electron chi connectivity index (χ2n) is 4.78. The van der Waals surface area contributed by atoms with Crippen molar-refractivity contribution in [3.63, 3.8) is 0 Å². The van der Waals surface area contributed by atoms with Gasteiger partial charge in [0.25, 0.3) is 0 Å². The maximum Gasteiger partial charge on any atom is 0.129 e. The van der Waals surface area contributed by atoms with E-state index in [9.17, 15) is 8.78 Å². The molecule has 0 N–H and O–H groups in total. The molecule has 0 unspecified atom stereocenters. The number of rotatable bonds is 3. The van der Waals surface area contributed by atoms with Gasteiger partial charge in [0.2, 0.25) is 0 Å². The Labute approximate surface area is 95.7 Å². The van der Waals surface area contributed by atoms with E-state index in [1.54, 1.807) is 6.07 Å². The molecule has 1 fully saturated rings. The van der Waals surface area contributed by atoms with Gasteiger partial charge in [-0.05, 0) is 30.4 Å². The first-order chi connectivity index (χ1) is 7.75. The average molecular weight is 224 g/mol.